The molecule has 1 aliphatic rings. The molecule has 3 rings (SSSR count). The summed E-state index contributed by atoms with van der Waals surface area (Å²) >= 11 is 0. The summed E-state index contributed by atoms with van der Waals surface area (Å²) < 4.78 is 16.3. The van der Waals surface area contributed by atoms with Gasteiger partial charge in [-0.15, -0.1) is 0 Å². The topological polar surface area (TPSA) is 78.8 Å². The zero-order chi connectivity index (χ0) is 21.5. The quantitative estimate of drug-likeness (QED) is 0.555. The number of para-hydroxylation sites is 2. The van der Waals surface area contributed by atoms with E-state index in [0.717, 1.165) is 43.4 Å². The number of methoxy groups -OCH3 is 3. The van der Waals surface area contributed by atoms with Crippen molar-refractivity contribution in [3.63, 3.8) is 0 Å². The Labute approximate surface area is 177 Å². The molecule has 1 fully saturated rings. The molecule has 0 amide bonds. The van der Waals surface area contributed by atoms with Crippen molar-refractivity contribution in [3.05, 3.63) is 42.0 Å². The number of hydrogen-bond acceptors (Lipinski definition) is 6. The van der Waals surface area contributed by atoms with Gasteiger partial charge in [-0.05, 0) is 29.8 Å². The Hall–Kier alpha value is -3.29. The number of anilines is 1. The number of phenols is 1. The van der Waals surface area contributed by atoms with E-state index in [4.69, 9.17) is 14.2 Å². The summed E-state index contributed by atoms with van der Waals surface area (Å²) in [5.74, 6) is 2.98. The fourth-order valence-electron chi connectivity index (χ4n) is 3.64. The first kappa shape index (κ1) is 21.4. The van der Waals surface area contributed by atoms with E-state index in [-0.39, 0.29) is 0 Å². The molecule has 2 aromatic carbocycles. The van der Waals surface area contributed by atoms with Crippen LogP contribution in [-0.2, 0) is 6.54 Å². The molecule has 0 spiro atoms. The van der Waals surface area contributed by atoms with E-state index in [2.05, 4.69) is 20.1 Å². The molecular weight excluding hydrogens is 384 g/mol. The molecule has 1 aliphatic heterocycles. The number of nitrogens with one attached hydrogen (secondary N) is 1. The molecule has 1 saturated heterocycles. The highest BCUT2D eigenvalue weighted by Crippen LogP contribution is 2.38. The normalized spacial score (nSPS) is 14.5. The highest BCUT2D eigenvalue weighted by atomic mass is 16.5. The minimum atomic E-state index is 0.316. The summed E-state index contributed by atoms with van der Waals surface area (Å²) in [7, 11) is 6.59. The van der Waals surface area contributed by atoms with Crippen molar-refractivity contribution in [1.29, 1.82) is 0 Å². The summed E-state index contributed by atoms with van der Waals surface area (Å²) in [4.78, 5) is 8.85. The molecule has 0 unspecified atom stereocenters. The number of guanidine groups is 1. The Balaban J connectivity index is 1.63. The lowest BCUT2D eigenvalue weighted by Crippen LogP contribution is -2.52. The summed E-state index contributed by atoms with van der Waals surface area (Å²) in [6.07, 6.45) is 0. The third-order valence-corrected chi connectivity index (χ3v) is 5.19. The number of hydrogen-bond donors (Lipinski definition) is 2. The average molecular weight is 415 g/mol. The van der Waals surface area contributed by atoms with Crippen molar-refractivity contribution in [2.45, 2.75) is 6.54 Å². The molecule has 0 aromatic heterocycles. The van der Waals surface area contributed by atoms with Crippen LogP contribution in [0.4, 0.5) is 5.69 Å². The fourth-order valence-corrected chi connectivity index (χ4v) is 3.64. The second-order valence-corrected chi connectivity index (χ2v) is 6.90. The molecule has 0 bridgehead atoms. The van der Waals surface area contributed by atoms with Crippen LogP contribution >= 0.6 is 0 Å². The average Bonchev–Trinajstić information content (AvgIpc) is 2.79. The molecule has 0 radical (unpaired) electrons. The summed E-state index contributed by atoms with van der Waals surface area (Å²) in [6, 6.07) is 11.3. The van der Waals surface area contributed by atoms with Crippen molar-refractivity contribution >= 4 is 11.6 Å². The van der Waals surface area contributed by atoms with Crippen LogP contribution in [0.25, 0.3) is 0 Å². The molecule has 1 heterocycles. The van der Waals surface area contributed by atoms with Crippen LogP contribution in [0.3, 0.4) is 0 Å². The maximum atomic E-state index is 10.1. The maximum absolute atomic E-state index is 10.1. The van der Waals surface area contributed by atoms with E-state index in [1.807, 2.05) is 30.3 Å². The van der Waals surface area contributed by atoms with Crippen LogP contribution in [-0.4, -0.2) is 70.5 Å². The number of benzene rings is 2. The second-order valence-electron chi connectivity index (χ2n) is 6.90. The lowest BCUT2D eigenvalue weighted by atomic mass is 10.1. The van der Waals surface area contributed by atoms with E-state index in [1.165, 1.54) is 0 Å². The van der Waals surface area contributed by atoms with Gasteiger partial charge < -0.3 is 34.4 Å². The van der Waals surface area contributed by atoms with Gasteiger partial charge in [-0.1, -0.05) is 12.1 Å². The first-order chi connectivity index (χ1) is 14.6. The van der Waals surface area contributed by atoms with Gasteiger partial charge in [-0.2, -0.15) is 0 Å². The van der Waals surface area contributed by atoms with Crippen LogP contribution in [0, 0.1) is 0 Å². The van der Waals surface area contributed by atoms with Gasteiger partial charge in [-0.3, -0.25) is 4.99 Å². The highest BCUT2D eigenvalue weighted by molar-refractivity contribution is 5.80. The highest BCUT2D eigenvalue weighted by Gasteiger charge is 2.21. The van der Waals surface area contributed by atoms with Crippen LogP contribution in [0.15, 0.2) is 41.4 Å². The summed E-state index contributed by atoms with van der Waals surface area (Å²) in [6.45, 7) is 3.81. The number of rotatable bonds is 6. The van der Waals surface area contributed by atoms with Gasteiger partial charge in [-0.25, -0.2) is 0 Å². The molecule has 162 valence electrons. The lowest BCUT2D eigenvalue weighted by molar-refractivity contribution is 0.323. The van der Waals surface area contributed by atoms with Gasteiger partial charge in [0.15, 0.2) is 17.5 Å². The zero-order valence-corrected chi connectivity index (χ0v) is 18.0. The lowest BCUT2D eigenvalue weighted by Gasteiger charge is -2.37. The van der Waals surface area contributed by atoms with Crippen LogP contribution in [0.2, 0.25) is 0 Å². The fraction of sp³-hybridized carbons (Fsp3) is 0.409. The van der Waals surface area contributed by atoms with Crippen molar-refractivity contribution in [2.24, 2.45) is 4.99 Å². The van der Waals surface area contributed by atoms with E-state index in [9.17, 15) is 5.11 Å². The van der Waals surface area contributed by atoms with Crippen molar-refractivity contribution < 1.29 is 19.3 Å². The van der Waals surface area contributed by atoms with Crippen molar-refractivity contribution in [1.82, 2.24) is 10.2 Å². The molecule has 0 aliphatic carbocycles. The molecule has 8 heteroatoms. The SMILES string of the molecule is CN=C(NCc1cc(OC)c(OC)c(OC)c1)N1CCN(c2ccccc2O)CC1. The number of nitrogens with zero attached hydrogens (tertiary/aromatic N) is 3. The summed E-state index contributed by atoms with van der Waals surface area (Å²) in [5, 5.41) is 13.5. The van der Waals surface area contributed by atoms with Crippen LogP contribution in [0.1, 0.15) is 5.56 Å². The van der Waals surface area contributed by atoms with Crippen LogP contribution < -0.4 is 24.4 Å². The third-order valence-electron chi connectivity index (χ3n) is 5.19. The van der Waals surface area contributed by atoms with Gasteiger partial charge in [0.05, 0.1) is 27.0 Å². The Morgan fingerprint density at radius 1 is 1.00 bits per heavy atom. The minimum absolute atomic E-state index is 0.316. The predicted molar refractivity (Wildman–Crippen MR) is 118 cm³/mol. The Bertz CT molecular complexity index is 854. The third kappa shape index (κ3) is 4.64. The number of ether oxygens (including phenoxy) is 3. The first-order valence-electron chi connectivity index (χ1n) is 9.88. The van der Waals surface area contributed by atoms with Gasteiger partial charge >= 0.3 is 0 Å². The minimum Gasteiger partial charge on any atom is -0.506 e. The van der Waals surface area contributed by atoms with Gasteiger partial charge in [0.25, 0.3) is 0 Å². The molecule has 2 N–H and O–H groups in total. The molecule has 0 atom stereocenters. The Morgan fingerprint density at radius 2 is 1.63 bits per heavy atom. The standard InChI is InChI=1S/C22H30N4O4/c1-23-22(24-15-16-13-19(28-2)21(30-4)20(14-16)29-3)26-11-9-25(10-12-26)17-7-5-6-8-18(17)27/h5-8,13-14,27H,9-12,15H2,1-4H3,(H,23,24). The molecular formula is C22H30N4O4. The zero-order valence-electron chi connectivity index (χ0n) is 18.0. The van der Waals surface area contributed by atoms with E-state index >= 15 is 0 Å². The van der Waals surface area contributed by atoms with E-state index < -0.39 is 0 Å². The first-order valence-corrected chi connectivity index (χ1v) is 9.88. The van der Waals surface area contributed by atoms with Gasteiger partial charge in [0, 0.05) is 39.8 Å². The number of piperazine rings is 1. The number of aliphatic imine (C=N–C) groups is 1. The van der Waals surface area contributed by atoms with E-state index in [0.29, 0.717) is 29.5 Å². The number of aromatic hydroxyl groups is 1. The van der Waals surface area contributed by atoms with Crippen molar-refractivity contribution in [2.75, 3.05) is 59.5 Å². The van der Waals surface area contributed by atoms with Crippen LogP contribution in [0.5, 0.6) is 23.0 Å². The molecule has 0 saturated carbocycles. The number of phenolic OH excluding ortho intramolecular Hbond substituents is 1. The Morgan fingerprint density at radius 3 is 2.17 bits per heavy atom. The largest absolute Gasteiger partial charge is 0.506 e. The van der Waals surface area contributed by atoms with Crippen molar-refractivity contribution in [3.8, 4) is 23.0 Å². The smallest absolute Gasteiger partial charge is 0.203 e. The van der Waals surface area contributed by atoms with E-state index in [1.54, 1.807) is 34.4 Å². The maximum Gasteiger partial charge on any atom is 0.203 e. The Kier molecular flexibility index (Phi) is 7.11. The molecule has 8 nitrogen and oxygen atoms in total. The van der Waals surface area contributed by atoms with Gasteiger partial charge in [0.2, 0.25) is 5.75 Å². The summed E-state index contributed by atoms with van der Waals surface area (Å²) in [5.41, 5.74) is 1.87. The second kappa shape index (κ2) is 9.96. The monoisotopic (exact) mass is 414 g/mol. The molecule has 30 heavy (non-hydrogen) atoms. The van der Waals surface area contributed by atoms with Gasteiger partial charge in [0.1, 0.15) is 5.75 Å². The predicted octanol–water partition coefficient (Wildman–Crippen LogP) is 2.32. The molecule has 2 aromatic rings.